The molecule has 6 nitrogen and oxygen atoms in total. The van der Waals surface area contributed by atoms with Crippen LogP contribution in [0.15, 0.2) is 68.4 Å². The molecule has 2 heterocycles. The molecule has 32 heavy (non-hydrogen) atoms. The minimum absolute atomic E-state index is 0.00198. The number of anilines is 1. The third kappa shape index (κ3) is 4.29. The second-order valence-corrected chi connectivity index (χ2v) is 9.30. The average molecular weight is 468 g/mol. The molecule has 0 atom stereocenters. The SMILES string of the molecule is CCCCN1C(=O)C(=C2Sc3ccccc3N2CC)SC1=Nc1ccc(C(=O)OC)cc1. The molecule has 0 aromatic heterocycles. The fraction of sp³-hybridized carbons (Fsp3) is 0.292. The Morgan fingerprint density at radius 1 is 1.03 bits per heavy atom. The summed E-state index contributed by atoms with van der Waals surface area (Å²) in [5.41, 5.74) is 2.30. The summed E-state index contributed by atoms with van der Waals surface area (Å²) in [5, 5.41) is 1.64. The number of esters is 1. The van der Waals surface area contributed by atoms with Crippen LogP contribution in [-0.2, 0) is 9.53 Å². The number of carbonyl (C=O) groups excluding carboxylic acids is 2. The van der Waals surface area contributed by atoms with Gasteiger partial charge in [-0.05, 0) is 61.5 Å². The lowest BCUT2D eigenvalue weighted by Crippen LogP contribution is -2.30. The molecule has 0 aliphatic carbocycles. The van der Waals surface area contributed by atoms with Crippen LogP contribution in [0, 0.1) is 0 Å². The van der Waals surface area contributed by atoms with Crippen molar-refractivity contribution >= 4 is 51.9 Å². The number of nitrogens with zero attached hydrogens (tertiary/aromatic N) is 3. The molecular formula is C24H25N3O3S2. The van der Waals surface area contributed by atoms with E-state index in [1.165, 1.54) is 18.9 Å². The maximum atomic E-state index is 13.5. The first-order chi connectivity index (χ1) is 15.6. The number of carbonyl (C=O) groups is 2. The van der Waals surface area contributed by atoms with Crippen molar-refractivity contribution in [1.29, 1.82) is 0 Å². The Bertz CT molecular complexity index is 1100. The van der Waals surface area contributed by atoms with Crippen LogP contribution >= 0.6 is 23.5 Å². The maximum Gasteiger partial charge on any atom is 0.337 e. The molecule has 0 N–H and O–H groups in total. The van der Waals surface area contributed by atoms with E-state index in [1.807, 2.05) is 12.1 Å². The largest absolute Gasteiger partial charge is 0.465 e. The van der Waals surface area contributed by atoms with Gasteiger partial charge in [0.05, 0.1) is 24.0 Å². The molecular weight excluding hydrogens is 442 g/mol. The summed E-state index contributed by atoms with van der Waals surface area (Å²) in [6.07, 6.45) is 1.89. The predicted molar refractivity (Wildman–Crippen MR) is 131 cm³/mol. The summed E-state index contributed by atoms with van der Waals surface area (Å²) in [6.45, 7) is 5.62. The Labute approximate surface area is 196 Å². The van der Waals surface area contributed by atoms with Gasteiger partial charge >= 0.3 is 5.97 Å². The quantitative estimate of drug-likeness (QED) is 0.405. The highest BCUT2D eigenvalue weighted by Crippen LogP contribution is 2.50. The summed E-state index contributed by atoms with van der Waals surface area (Å²) in [7, 11) is 1.36. The van der Waals surface area contributed by atoms with Crippen molar-refractivity contribution in [1.82, 2.24) is 4.90 Å². The van der Waals surface area contributed by atoms with E-state index in [9.17, 15) is 9.59 Å². The van der Waals surface area contributed by atoms with Crippen molar-refractivity contribution in [3.8, 4) is 0 Å². The van der Waals surface area contributed by atoms with Crippen molar-refractivity contribution in [2.24, 2.45) is 4.99 Å². The van der Waals surface area contributed by atoms with Gasteiger partial charge in [0.15, 0.2) is 5.17 Å². The van der Waals surface area contributed by atoms with Gasteiger partial charge < -0.3 is 9.64 Å². The van der Waals surface area contributed by atoms with E-state index in [0.717, 1.165) is 35.0 Å². The van der Waals surface area contributed by atoms with Crippen molar-refractivity contribution < 1.29 is 14.3 Å². The summed E-state index contributed by atoms with van der Waals surface area (Å²) in [5.74, 6) is -0.383. The van der Waals surface area contributed by atoms with Gasteiger partial charge in [-0.1, -0.05) is 37.2 Å². The van der Waals surface area contributed by atoms with Gasteiger partial charge in [0, 0.05) is 18.0 Å². The fourth-order valence-corrected chi connectivity index (χ4v) is 5.97. The van der Waals surface area contributed by atoms with Crippen LogP contribution in [-0.4, -0.2) is 42.1 Å². The number of hydrogen-bond acceptors (Lipinski definition) is 7. The molecule has 2 aliphatic rings. The average Bonchev–Trinajstić information content (AvgIpc) is 3.34. The first-order valence-corrected chi connectivity index (χ1v) is 12.3. The molecule has 0 saturated carbocycles. The van der Waals surface area contributed by atoms with E-state index in [-0.39, 0.29) is 11.9 Å². The smallest absolute Gasteiger partial charge is 0.337 e. The van der Waals surface area contributed by atoms with Crippen LogP contribution in [0.25, 0.3) is 0 Å². The number of thioether (sulfide) groups is 2. The monoisotopic (exact) mass is 467 g/mol. The third-order valence-electron chi connectivity index (χ3n) is 5.23. The molecule has 4 rings (SSSR count). The predicted octanol–water partition coefficient (Wildman–Crippen LogP) is 5.64. The molecule has 0 spiro atoms. The first kappa shape index (κ1) is 22.5. The lowest BCUT2D eigenvalue weighted by molar-refractivity contribution is -0.122. The summed E-state index contributed by atoms with van der Waals surface area (Å²) in [4.78, 5) is 35.8. The van der Waals surface area contributed by atoms with Crippen molar-refractivity contribution in [3.05, 3.63) is 64.0 Å². The third-order valence-corrected chi connectivity index (χ3v) is 7.61. The Hall–Kier alpha value is -2.71. The molecule has 1 fully saturated rings. The van der Waals surface area contributed by atoms with Gasteiger partial charge in [0.1, 0.15) is 9.93 Å². The second kappa shape index (κ2) is 9.83. The number of fused-ring (bicyclic) bond motifs is 1. The van der Waals surface area contributed by atoms with Gasteiger partial charge in [-0.25, -0.2) is 9.79 Å². The van der Waals surface area contributed by atoms with E-state index in [4.69, 9.17) is 9.73 Å². The number of rotatable bonds is 6. The zero-order valence-corrected chi connectivity index (χ0v) is 20.0. The lowest BCUT2D eigenvalue weighted by atomic mass is 10.2. The maximum absolute atomic E-state index is 13.5. The molecule has 2 aromatic carbocycles. The van der Waals surface area contributed by atoms with Crippen molar-refractivity contribution in [3.63, 3.8) is 0 Å². The Morgan fingerprint density at radius 3 is 2.47 bits per heavy atom. The minimum atomic E-state index is -0.385. The van der Waals surface area contributed by atoms with Crippen LogP contribution in [0.5, 0.6) is 0 Å². The summed E-state index contributed by atoms with van der Waals surface area (Å²) >= 11 is 3.07. The molecule has 0 radical (unpaired) electrons. The highest BCUT2D eigenvalue weighted by molar-refractivity contribution is 8.19. The number of aliphatic imine (C=N–C) groups is 1. The summed E-state index contributed by atoms with van der Waals surface area (Å²) < 4.78 is 4.76. The van der Waals surface area contributed by atoms with Crippen LogP contribution in [0.1, 0.15) is 37.0 Å². The number of methoxy groups -OCH3 is 1. The van der Waals surface area contributed by atoms with Gasteiger partial charge in [0.2, 0.25) is 0 Å². The van der Waals surface area contributed by atoms with Crippen LogP contribution in [0.4, 0.5) is 11.4 Å². The zero-order chi connectivity index (χ0) is 22.7. The van der Waals surface area contributed by atoms with E-state index in [1.54, 1.807) is 40.9 Å². The number of amidine groups is 1. The highest BCUT2D eigenvalue weighted by atomic mass is 32.2. The molecule has 1 saturated heterocycles. The van der Waals surface area contributed by atoms with Gasteiger partial charge in [-0.2, -0.15) is 0 Å². The van der Waals surface area contributed by atoms with E-state index >= 15 is 0 Å². The molecule has 8 heteroatoms. The van der Waals surface area contributed by atoms with Crippen molar-refractivity contribution in [2.45, 2.75) is 31.6 Å². The Morgan fingerprint density at radius 2 is 1.78 bits per heavy atom. The van der Waals surface area contributed by atoms with Gasteiger partial charge in [0.25, 0.3) is 5.91 Å². The number of ether oxygens (including phenoxy) is 1. The van der Waals surface area contributed by atoms with Gasteiger partial charge in [-0.3, -0.25) is 9.69 Å². The topological polar surface area (TPSA) is 62.2 Å². The second-order valence-electron chi connectivity index (χ2n) is 7.29. The van der Waals surface area contributed by atoms with Crippen molar-refractivity contribution in [2.75, 3.05) is 25.1 Å². The normalized spacial score (nSPS) is 19.1. The number of benzene rings is 2. The van der Waals surface area contributed by atoms with Crippen LogP contribution in [0.2, 0.25) is 0 Å². The lowest BCUT2D eigenvalue weighted by Gasteiger charge is -2.19. The standard InChI is InChI=1S/C24H25N3O3S2/c1-4-6-15-27-21(28)20(22-26(5-2)18-9-7-8-10-19(18)31-22)32-24(27)25-17-13-11-16(12-14-17)23(29)30-3/h7-14H,4-6,15H2,1-3H3. The van der Waals surface area contributed by atoms with E-state index < -0.39 is 0 Å². The van der Waals surface area contributed by atoms with Crippen LogP contribution < -0.4 is 4.90 Å². The first-order valence-electron chi connectivity index (χ1n) is 10.6. The molecule has 1 amide bonds. The van der Waals surface area contributed by atoms with Gasteiger partial charge in [-0.15, -0.1) is 0 Å². The molecule has 2 aliphatic heterocycles. The Balaban J connectivity index is 1.69. The number of amides is 1. The fourth-order valence-electron chi connectivity index (χ4n) is 3.55. The molecule has 2 aromatic rings. The Kier molecular flexibility index (Phi) is 6.91. The summed E-state index contributed by atoms with van der Waals surface area (Å²) in [6, 6.07) is 15.1. The zero-order valence-electron chi connectivity index (χ0n) is 18.3. The minimum Gasteiger partial charge on any atom is -0.465 e. The van der Waals surface area contributed by atoms with Crippen LogP contribution in [0.3, 0.4) is 0 Å². The number of unbranched alkanes of at least 4 members (excludes halogenated alkanes) is 1. The number of para-hydroxylation sites is 1. The highest BCUT2D eigenvalue weighted by Gasteiger charge is 2.39. The number of hydrogen-bond donors (Lipinski definition) is 0. The molecule has 0 unspecified atom stereocenters. The molecule has 0 bridgehead atoms. The van der Waals surface area contributed by atoms with E-state index in [0.29, 0.717) is 27.9 Å². The van der Waals surface area contributed by atoms with E-state index in [2.05, 4.69) is 30.9 Å². The molecule has 166 valence electrons.